The Kier molecular flexibility index (Phi) is 5.89. The van der Waals surface area contributed by atoms with Crippen LogP contribution in [0, 0.1) is 5.92 Å². The molecule has 0 radical (unpaired) electrons. The average molecular weight is 332 g/mol. The van der Waals surface area contributed by atoms with E-state index in [0.717, 1.165) is 22.9 Å². The van der Waals surface area contributed by atoms with Crippen molar-refractivity contribution < 1.29 is 14.6 Å². The van der Waals surface area contributed by atoms with Crippen molar-refractivity contribution in [2.45, 2.75) is 45.6 Å². The molecule has 1 amide bonds. The number of aromatic amines is 1. The zero-order valence-electron chi connectivity index (χ0n) is 14.9. The van der Waals surface area contributed by atoms with E-state index in [1.165, 1.54) is 0 Å². The molecule has 0 aliphatic rings. The molecule has 2 aromatic rings. The van der Waals surface area contributed by atoms with Gasteiger partial charge in [0.2, 0.25) is 0 Å². The molecule has 5 heteroatoms. The van der Waals surface area contributed by atoms with Crippen LogP contribution in [0.2, 0.25) is 0 Å². The molecule has 0 bridgehead atoms. The summed E-state index contributed by atoms with van der Waals surface area (Å²) in [7, 11) is 0. The summed E-state index contributed by atoms with van der Waals surface area (Å²) in [6.45, 7) is 8.08. The maximum absolute atomic E-state index is 12.0. The molecule has 0 saturated carbocycles. The van der Waals surface area contributed by atoms with Gasteiger partial charge in [-0.3, -0.25) is 0 Å². The zero-order chi connectivity index (χ0) is 17.7. The average Bonchev–Trinajstić information content (AvgIpc) is 2.93. The number of aromatic nitrogens is 1. The lowest BCUT2D eigenvalue weighted by Gasteiger charge is -2.26. The van der Waals surface area contributed by atoms with Gasteiger partial charge in [0.15, 0.2) is 0 Å². The fourth-order valence-electron chi connectivity index (χ4n) is 2.98. The SMILES string of the molecule is CCC(CO)C(CNC(=O)OC(C)(C)C)c1c[nH]c2ccccc12. The number of H-pyrrole nitrogens is 1. The number of fused-ring (bicyclic) bond motifs is 1. The van der Waals surface area contributed by atoms with Crippen molar-refractivity contribution in [1.29, 1.82) is 0 Å². The highest BCUT2D eigenvalue weighted by Gasteiger charge is 2.25. The van der Waals surface area contributed by atoms with Gasteiger partial charge < -0.3 is 20.1 Å². The lowest BCUT2D eigenvalue weighted by atomic mass is 9.84. The van der Waals surface area contributed by atoms with E-state index in [-0.39, 0.29) is 18.4 Å². The van der Waals surface area contributed by atoms with Gasteiger partial charge in [-0.05, 0) is 38.3 Å². The van der Waals surface area contributed by atoms with E-state index >= 15 is 0 Å². The summed E-state index contributed by atoms with van der Waals surface area (Å²) in [6, 6.07) is 8.07. The van der Waals surface area contributed by atoms with Gasteiger partial charge in [-0.1, -0.05) is 31.5 Å². The standard InChI is InChI=1S/C19H28N2O3/c1-5-13(12-22)15(10-21-18(23)24-19(2,3)4)16-11-20-17-9-7-6-8-14(16)17/h6-9,11,13,15,20,22H,5,10,12H2,1-4H3,(H,21,23). The minimum atomic E-state index is -0.526. The monoisotopic (exact) mass is 332 g/mol. The first-order chi connectivity index (χ1) is 11.4. The number of alkyl carbamates (subject to hydrolysis) is 1. The Hall–Kier alpha value is -2.01. The number of nitrogens with one attached hydrogen (secondary N) is 2. The van der Waals surface area contributed by atoms with Crippen LogP contribution in [-0.4, -0.2) is 34.9 Å². The Balaban J connectivity index is 2.21. The van der Waals surface area contributed by atoms with Crippen LogP contribution < -0.4 is 5.32 Å². The maximum Gasteiger partial charge on any atom is 0.407 e. The molecule has 132 valence electrons. The normalized spacial score (nSPS) is 14.4. The molecule has 24 heavy (non-hydrogen) atoms. The van der Waals surface area contributed by atoms with Gasteiger partial charge in [0, 0.05) is 36.2 Å². The zero-order valence-corrected chi connectivity index (χ0v) is 14.9. The number of hydrogen-bond donors (Lipinski definition) is 3. The lowest BCUT2D eigenvalue weighted by molar-refractivity contribution is 0.0517. The van der Waals surface area contributed by atoms with Crippen molar-refractivity contribution in [2.24, 2.45) is 5.92 Å². The molecule has 2 atom stereocenters. The maximum atomic E-state index is 12.0. The number of aliphatic hydroxyl groups excluding tert-OH is 1. The highest BCUT2D eigenvalue weighted by molar-refractivity contribution is 5.83. The van der Waals surface area contributed by atoms with Gasteiger partial charge in [0.1, 0.15) is 5.60 Å². The number of ether oxygens (including phenoxy) is 1. The predicted octanol–water partition coefficient (Wildman–Crippen LogP) is 3.79. The third-order valence-corrected chi connectivity index (χ3v) is 4.21. The molecule has 0 saturated heterocycles. The van der Waals surface area contributed by atoms with Crippen LogP contribution in [0.25, 0.3) is 10.9 Å². The van der Waals surface area contributed by atoms with E-state index < -0.39 is 11.7 Å². The molecule has 1 heterocycles. The second kappa shape index (κ2) is 7.71. The first-order valence-corrected chi connectivity index (χ1v) is 8.49. The molecule has 2 unspecified atom stereocenters. The Bertz CT molecular complexity index is 669. The summed E-state index contributed by atoms with van der Waals surface area (Å²) in [6.07, 6.45) is 2.38. The molecule has 0 fully saturated rings. The third-order valence-electron chi connectivity index (χ3n) is 4.21. The molecule has 0 aliphatic carbocycles. The van der Waals surface area contributed by atoms with E-state index in [2.05, 4.69) is 23.3 Å². The van der Waals surface area contributed by atoms with Gasteiger partial charge in [-0.2, -0.15) is 0 Å². The molecular formula is C19H28N2O3. The van der Waals surface area contributed by atoms with E-state index in [4.69, 9.17) is 4.74 Å². The van der Waals surface area contributed by atoms with Gasteiger partial charge in [-0.25, -0.2) is 4.79 Å². The van der Waals surface area contributed by atoms with Crippen LogP contribution in [0.4, 0.5) is 4.79 Å². The minimum absolute atomic E-state index is 0.0173. The van der Waals surface area contributed by atoms with Crippen LogP contribution in [0.15, 0.2) is 30.5 Å². The van der Waals surface area contributed by atoms with Crippen LogP contribution in [-0.2, 0) is 4.74 Å². The Morgan fingerprint density at radius 3 is 2.67 bits per heavy atom. The predicted molar refractivity (Wildman–Crippen MR) is 96.1 cm³/mol. The summed E-state index contributed by atoms with van der Waals surface area (Å²) >= 11 is 0. The molecular weight excluding hydrogens is 304 g/mol. The third kappa shape index (κ3) is 4.51. The number of hydrogen-bond acceptors (Lipinski definition) is 3. The number of amides is 1. The van der Waals surface area contributed by atoms with Crippen LogP contribution in [0.1, 0.15) is 45.6 Å². The van der Waals surface area contributed by atoms with Crippen molar-refractivity contribution in [3.05, 3.63) is 36.0 Å². The van der Waals surface area contributed by atoms with Crippen molar-refractivity contribution in [3.8, 4) is 0 Å². The first-order valence-electron chi connectivity index (χ1n) is 8.49. The Morgan fingerprint density at radius 2 is 2.04 bits per heavy atom. The van der Waals surface area contributed by atoms with E-state index in [0.29, 0.717) is 6.54 Å². The Labute approximate surface area is 143 Å². The van der Waals surface area contributed by atoms with Crippen LogP contribution in [0.5, 0.6) is 0 Å². The van der Waals surface area contributed by atoms with E-state index in [1.54, 1.807) is 0 Å². The molecule has 2 rings (SSSR count). The first kappa shape index (κ1) is 18.3. The van der Waals surface area contributed by atoms with Crippen molar-refractivity contribution in [2.75, 3.05) is 13.2 Å². The summed E-state index contributed by atoms with van der Waals surface area (Å²) in [5.74, 6) is 0.0859. The number of benzene rings is 1. The van der Waals surface area contributed by atoms with Gasteiger partial charge in [0.05, 0.1) is 0 Å². The number of rotatable bonds is 6. The summed E-state index contributed by atoms with van der Waals surface area (Å²) in [5, 5.41) is 13.7. The smallest absolute Gasteiger partial charge is 0.407 e. The second-order valence-electron chi connectivity index (χ2n) is 7.13. The molecule has 5 nitrogen and oxygen atoms in total. The number of para-hydroxylation sites is 1. The summed E-state index contributed by atoms with van der Waals surface area (Å²) in [5.41, 5.74) is 1.65. The van der Waals surface area contributed by atoms with E-state index in [1.807, 2.05) is 45.2 Å². The van der Waals surface area contributed by atoms with Crippen molar-refractivity contribution in [3.63, 3.8) is 0 Å². The van der Waals surface area contributed by atoms with Gasteiger partial charge >= 0.3 is 6.09 Å². The van der Waals surface area contributed by atoms with E-state index in [9.17, 15) is 9.90 Å². The highest BCUT2D eigenvalue weighted by Crippen LogP contribution is 2.32. The molecule has 1 aromatic heterocycles. The molecule has 0 aliphatic heterocycles. The molecule has 1 aromatic carbocycles. The summed E-state index contributed by atoms with van der Waals surface area (Å²) in [4.78, 5) is 15.3. The topological polar surface area (TPSA) is 74.3 Å². The van der Waals surface area contributed by atoms with Crippen molar-refractivity contribution in [1.82, 2.24) is 10.3 Å². The lowest BCUT2D eigenvalue weighted by Crippen LogP contribution is -2.36. The minimum Gasteiger partial charge on any atom is -0.444 e. The summed E-state index contributed by atoms with van der Waals surface area (Å²) < 4.78 is 5.32. The van der Waals surface area contributed by atoms with Crippen LogP contribution >= 0.6 is 0 Å². The molecule has 0 spiro atoms. The highest BCUT2D eigenvalue weighted by atomic mass is 16.6. The molecule has 3 N–H and O–H groups in total. The second-order valence-corrected chi connectivity index (χ2v) is 7.13. The number of aliphatic hydroxyl groups is 1. The van der Waals surface area contributed by atoms with Gasteiger partial charge in [-0.15, -0.1) is 0 Å². The van der Waals surface area contributed by atoms with Crippen molar-refractivity contribution >= 4 is 17.0 Å². The Morgan fingerprint density at radius 1 is 1.33 bits per heavy atom. The fourth-order valence-corrected chi connectivity index (χ4v) is 2.98. The van der Waals surface area contributed by atoms with Gasteiger partial charge in [0.25, 0.3) is 0 Å². The number of carbonyl (C=O) groups is 1. The largest absolute Gasteiger partial charge is 0.444 e. The fraction of sp³-hybridized carbons (Fsp3) is 0.526. The van der Waals surface area contributed by atoms with Crippen LogP contribution in [0.3, 0.4) is 0 Å². The number of carbonyl (C=O) groups excluding carboxylic acids is 1. The quantitative estimate of drug-likeness (QED) is 0.753.